The molecule has 0 aromatic rings. The first kappa shape index (κ1) is 12.6. The van der Waals surface area contributed by atoms with Gasteiger partial charge in [0.1, 0.15) is 12.2 Å². The van der Waals surface area contributed by atoms with Crippen molar-refractivity contribution < 1.29 is 33.2 Å². The highest BCUT2D eigenvalue weighted by Crippen LogP contribution is 2.32. The summed E-state index contributed by atoms with van der Waals surface area (Å²) in [7, 11) is 4.54. The van der Waals surface area contributed by atoms with E-state index in [1.807, 2.05) is 0 Å². The standard InChI is InChI=1S/C10H16O7/c1-12-4-5-6-7(17-10(11)16-6)8(13-2)9(14-3)15-5/h5-9H,4H2,1-3H3/t5-,6-,7+,8-,9+/m1/s1. The van der Waals surface area contributed by atoms with Gasteiger partial charge in [-0.05, 0) is 0 Å². The van der Waals surface area contributed by atoms with Crippen LogP contribution in [0, 0.1) is 0 Å². The molecule has 0 unspecified atom stereocenters. The smallest absolute Gasteiger partial charge is 0.424 e. The van der Waals surface area contributed by atoms with Crippen molar-refractivity contribution in [1.29, 1.82) is 0 Å². The van der Waals surface area contributed by atoms with Gasteiger partial charge in [0.15, 0.2) is 18.5 Å². The molecule has 0 aromatic heterocycles. The Morgan fingerprint density at radius 2 is 1.82 bits per heavy atom. The Hall–Kier alpha value is -0.890. The number of carbonyl (C=O) groups is 1. The van der Waals surface area contributed by atoms with Gasteiger partial charge in [0.2, 0.25) is 0 Å². The first-order valence-electron chi connectivity index (χ1n) is 5.28. The van der Waals surface area contributed by atoms with Crippen LogP contribution in [0.3, 0.4) is 0 Å². The minimum atomic E-state index is -0.719. The monoisotopic (exact) mass is 248 g/mol. The van der Waals surface area contributed by atoms with Crippen molar-refractivity contribution >= 4 is 6.16 Å². The Morgan fingerprint density at radius 3 is 2.41 bits per heavy atom. The van der Waals surface area contributed by atoms with Crippen molar-refractivity contribution in [2.24, 2.45) is 0 Å². The number of ether oxygens (including phenoxy) is 6. The fraction of sp³-hybridized carbons (Fsp3) is 0.900. The van der Waals surface area contributed by atoms with Crippen LogP contribution in [-0.4, -0.2) is 64.8 Å². The van der Waals surface area contributed by atoms with Gasteiger partial charge in [0.05, 0.1) is 6.61 Å². The van der Waals surface area contributed by atoms with Gasteiger partial charge >= 0.3 is 6.16 Å². The minimum absolute atomic E-state index is 0.286. The van der Waals surface area contributed by atoms with Crippen molar-refractivity contribution in [3.05, 3.63) is 0 Å². The predicted octanol–water partition coefficient (Wildman–Crippen LogP) is -0.0769. The topological polar surface area (TPSA) is 72.5 Å². The van der Waals surface area contributed by atoms with Crippen LogP contribution in [-0.2, 0) is 28.4 Å². The molecule has 0 N–H and O–H groups in total. The molecule has 2 aliphatic heterocycles. The molecule has 0 radical (unpaired) electrons. The quantitative estimate of drug-likeness (QED) is 0.644. The fourth-order valence-electron chi connectivity index (χ4n) is 2.14. The Labute approximate surface area is 98.9 Å². The molecular weight excluding hydrogens is 232 g/mol. The van der Waals surface area contributed by atoms with E-state index in [1.54, 1.807) is 7.11 Å². The molecule has 0 aromatic carbocycles. The predicted molar refractivity (Wildman–Crippen MR) is 53.5 cm³/mol. The Bertz CT molecular complexity index is 282. The van der Waals surface area contributed by atoms with E-state index >= 15 is 0 Å². The summed E-state index contributed by atoms with van der Waals surface area (Å²) in [5.74, 6) is 0. The first-order chi connectivity index (χ1) is 8.21. The summed E-state index contributed by atoms with van der Waals surface area (Å²) in [6, 6.07) is 0. The highest BCUT2D eigenvalue weighted by atomic mass is 16.8. The number of hydrogen-bond donors (Lipinski definition) is 0. The van der Waals surface area contributed by atoms with Crippen LogP contribution in [0.2, 0.25) is 0 Å². The molecular formula is C10H16O7. The maximum absolute atomic E-state index is 11.2. The number of hydrogen-bond acceptors (Lipinski definition) is 7. The highest BCUT2D eigenvalue weighted by molar-refractivity contribution is 5.63. The van der Waals surface area contributed by atoms with Crippen LogP contribution in [0.5, 0.6) is 0 Å². The van der Waals surface area contributed by atoms with Crippen molar-refractivity contribution in [3.8, 4) is 0 Å². The van der Waals surface area contributed by atoms with Crippen LogP contribution >= 0.6 is 0 Å². The average Bonchev–Trinajstić information content (AvgIpc) is 2.70. The Morgan fingerprint density at radius 1 is 1.12 bits per heavy atom. The molecule has 17 heavy (non-hydrogen) atoms. The van der Waals surface area contributed by atoms with Gasteiger partial charge in [0.25, 0.3) is 0 Å². The Kier molecular flexibility index (Phi) is 3.82. The third-order valence-electron chi connectivity index (χ3n) is 2.89. The number of fused-ring (bicyclic) bond motifs is 1. The summed E-state index contributed by atoms with van der Waals surface area (Å²) >= 11 is 0. The molecule has 0 bridgehead atoms. The third-order valence-corrected chi connectivity index (χ3v) is 2.89. The van der Waals surface area contributed by atoms with Gasteiger partial charge in [0, 0.05) is 21.3 Å². The first-order valence-corrected chi connectivity index (χ1v) is 5.28. The van der Waals surface area contributed by atoms with Gasteiger partial charge in [-0.15, -0.1) is 0 Å². The molecule has 2 aliphatic rings. The van der Waals surface area contributed by atoms with Gasteiger partial charge < -0.3 is 28.4 Å². The lowest BCUT2D eigenvalue weighted by atomic mass is 9.99. The molecule has 7 heteroatoms. The summed E-state index contributed by atoms with van der Waals surface area (Å²) < 4.78 is 31.2. The summed E-state index contributed by atoms with van der Waals surface area (Å²) in [4.78, 5) is 11.2. The average molecular weight is 248 g/mol. The van der Waals surface area contributed by atoms with Crippen molar-refractivity contribution in [2.75, 3.05) is 27.9 Å². The van der Waals surface area contributed by atoms with Crippen LogP contribution < -0.4 is 0 Å². The minimum Gasteiger partial charge on any atom is -0.424 e. The SMILES string of the molecule is COC[C@H]1O[C@H](OC)[C@H](OC)[C@H]2OC(=O)O[C@@H]21. The van der Waals surface area contributed by atoms with E-state index in [9.17, 15) is 4.79 Å². The van der Waals surface area contributed by atoms with E-state index in [4.69, 9.17) is 28.4 Å². The zero-order valence-electron chi connectivity index (χ0n) is 9.95. The lowest BCUT2D eigenvalue weighted by Gasteiger charge is -2.39. The summed E-state index contributed by atoms with van der Waals surface area (Å²) in [6.45, 7) is 0.286. The molecule has 2 saturated heterocycles. The van der Waals surface area contributed by atoms with Gasteiger partial charge in [-0.3, -0.25) is 0 Å². The molecule has 2 rings (SSSR count). The molecule has 7 nitrogen and oxygen atoms in total. The fourth-order valence-corrected chi connectivity index (χ4v) is 2.14. The van der Waals surface area contributed by atoms with Gasteiger partial charge in [-0.25, -0.2) is 4.79 Å². The van der Waals surface area contributed by atoms with Crippen molar-refractivity contribution in [2.45, 2.75) is 30.7 Å². The van der Waals surface area contributed by atoms with Crippen LogP contribution in [0.15, 0.2) is 0 Å². The highest BCUT2D eigenvalue weighted by Gasteiger charge is 2.54. The van der Waals surface area contributed by atoms with E-state index < -0.39 is 36.9 Å². The zero-order chi connectivity index (χ0) is 12.4. The molecule has 0 spiro atoms. The molecule has 2 heterocycles. The van der Waals surface area contributed by atoms with Crippen LogP contribution in [0.4, 0.5) is 4.79 Å². The van der Waals surface area contributed by atoms with E-state index in [2.05, 4.69) is 0 Å². The maximum atomic E-state index is 11.2. The number of rotatable bonds is 4. The van der Waals surface area contributed by atoms with E-state index in [0.29, 0.717) is 0 Å². The van der Waals surface area contributed by atoms with Gasteiger partial charge in [-0.2, -0.15) is 0 Å². The Balaban J connectivity index is 2.16. The van der Waals surface area contributed by atoms with Gasteiger partial charge in [-0.1, -0.05) is 0 Å². The van der Waals surface area contributed by atoms with Crippen molar-refractivity contribution in [1.82, 2.24) is 0 Å². The zero-order valence-corrected chi connectivity index (χ0v) is 9.95. The largest absolute Gasteiger partial charge is 0.509 e. The molecule has 2 fully saturated rings. The molecule has 0 saturated carbocycles. The number of carbonyl (C=O) groups excluding carboxylic acids is 1. The van der Waals surface area contributed by atoms with Crippen LogP contribution in [0.1, 0.15) is 0 Å². The summed E-state index contributed by atoms with van der Waals surface area (Å²) in [6.07, 6.45) is -3.33. The lowest BCUT2D eigenvalue weighted by molar-refractivity contribution is -0.280. The molecule has 0 amide bonds. The van der Waals surface area contributed by atoms with E-state index in [0.717, 1.165) is 0 Å². The second-order valence-corrected chi connectivity index (χ2v) is 3.85. The number of methoxy groups -OCH3 is 3. The van der Waals surface area contributed by atoms with E-state index in [1.165, 1.54) is 14.2 Å². The molecule has 5 atom stereocenters. The second-order valence-electron chi connectivity index (χ2n) is 3.85. The molecule has 0 aliphatic carbocycles. The van der Waals surface area contributed by atoms with Crippen LogP contribution in [0.25, 0.3) is 0 Å². The lowest BCUT2D eigenvalue weighted by Crippen LogP contribution is -2.58. The second kappa shape index (κ2) is 5.18. The van der Waals surface area contributed by atoms with E-state index in [-0.39, 0.29) is 6.61 Å². The van der Waals surface area contributed by atoms with Crippen molar-refractivity contribution in [3.63, 3.8) is 0 Å². The maximum Gasteiger partial charge on any atom is 0.509 e. The normalized spacial score (nSPS) is 40.6. The summed E-state index contributed by atoms with van der Waals surface area (Å²) in [5.41, 5.74) is 0. The summed E-state index contributed by atoms with van der Waals surface area (Å²) in [5, 5.41) is 0. The third kappa shape index (κ3) is 2.23. The molecule has 98 valence electrons.